The van der Waals surface area contributed by atoms with Gasteiger partial charge in [0.1, 0.15) is 0 Å². The van der Waals surface area contributed by atoms with Gasteiger partial charge in [-0.3, -0.25) is 0 Å². The third kappa shape index (κ3) is 5.81. The largest absolute Gasteiger partial charge is 0.386 e. The van der Waals surface area contributed by atoms with Gasteiger partial charge in [-0.05, 0) is 24.3 Å². The number of hydrogen-bond donors (Lipinski definition) is 0. The van der Waals surface area contributed by atoms with Crippen molar-refractivity contribution < 1.29 is 19.4 Å². The highest BCUT2D eigenvalue weighted by Crippen LogP contribution is 2.38. The van der Waals surface area contributed by atoms with E-state index < -0.39 is 19.5 Å². The lowest BCUT2D eigenvalue weighted by Crippen LogP contribution is -2.12. The van der Waals surface area contributed by atoms with Crippen LogP contribution in [-0.4, -0.2) is 11.9 Å². The molecule has 0 heterocycles. The summed E-state index contributed by atoms with van der Waals surface area (Å²) in [5.41, 5.74) is 0.930. The maximum absolute atomic E-state index is 11.9. The van der Waals surface area contributed by atoms with Crippen molar-refractivity contribution in [2.24, 2.45) is 0 Å². The van der Waals surface area contributed by atoms with Crippen LogP contribution in [-0.2, 0) is 17.4 Å². The van der Waals surface area contributed by atoms with Crippen LogP contribution in [0.15, 0.2) is 48.5 Å². The van der Waals surface area contributed by atoms with Crippen molar-refractivity contribution in [3.63, 3.8) is 0 Å². The van der Waals surface area contributed by atoms with Gasteiger partial charge in [0.05, 0.1) is 11.1 Å². The lowest BCUT2D eigenvalue weighted by molar-refractivity contribution is -0.187. The first-order chi connectivity index (χ1) is 12.0. The average Bonchev–Trinajstić information content (AvgIpc) is 2.58. The first-order valence-corrected chi connectivity index (χ1v) is 9.03. The van der Waals surface area contributed by atoms with E-state index in [0.29, 0.717) is 11.1 Å². The Labute approximate surface area is 178 Å². The molecule has 0 N–H and O–H groups in total. The number of carbonyl (C=O) groups excluding carboxylic acids is 2. The summed E-state index contributed by atoms with van der Waals surface area (Å²) in [6, 6.07) is 11.2. The van der Waals surface area contributed by atoms with Crippen LogP contribution in [0.2, 0.25) is 0 Å². The summed E-state index contributed by atoms with van der Waals surface area (Å²) in [5.74, 6) is -1.79. The van der Waals surface area contributed by atoms with Gasteiger partial charge in [-0.25, -0.2) is 19.4 Å². The van der Waals surface area contributed by atoms with Crippen molar-refractivity contribution >= 4 is 81.5 Å². The molecule has 2 aromatic carbocycles. The Morgan fingerprint density at radius 3 is 1.08 bits per heavy atom. The van der Waals surface area contributed by atoms with E-state index in [2.05, 4.69) is 9.78 Å². The molecular formula is C16H8Cl6O4. The number of rotatable bonds is 2. The number of carbonyl (C=O) groups is 2. The van der Waals surface area contributed by atoms with Crippen molar-refractivity contribution in [3.05, 3.63) is 70.8 Å². The van der Waals surface area contributed by atoms with E-state index in [4.69, 9.17) is 69.6 Å². The van der Waals surface area contributed by atoms with E-state index in [0.717, 1.165) is 0 Å². The smallest absolute Gasteiger partial charge is 0.242 e. The van der Waals surface area contributed by atoms with E-state index in [1.165, 1.54) is 48.5 Å². The van der Waals surface area contributed by atoms with Gasteiger partial charge < -0.3 is 0 Å². The first-order valence-electron chi connectivity index (χ1n) is 6.76. The van der Waals surface area contributed by atoms with Crippen LogP contribution in [0.25, 0.3) is 0 Å². The molecule has 0 saturated heterocycles. The van der Waals surface area contributed by atoms with Gasteiger partial charge in [-0.15, -0.1) is 0 Å². The molecule has 0 atom stereocenters. The minimum Gasteiger partial charge on any atom is -0.242 e. The van der Waals surface area contributed by atoms with E-state index in [-0.39, 0.29) is 11.1 Å². The zero-order valence-corrected chi connectivity index (χ0v) is 17.1. The Kier molecular flexibility index (Phi) is 6.94. The maximum atomic E-state index is 11.9. The molecule has 0 spiro atoms. The van der Waals surface area contributed by atoms with Crippen molar-refractivity contribution in [3.8, 4) is 0 Å². The minimum atomic E-state index is -1.62. The second kappa shape index (κ2) is 8.42. The van der Waals surface area contributed by atoms with Crippen LogP contribution < -0.4 is 0 Å². The monoisotopic (exact) mass is 474 g/mol. The molecule has 2 rings (SSSR count). The predicted molar refractivity (Wildman–Crippen MR) is 102 cm³/mol. The van der Waals surface area contributed by atoms with Crippen LogP contribution in [0.5, 0.6) is 0 Å². The highest BCUT2D eigenvalue weighted by molar-refractivity contribution is 6.67. The van der Waals surface area contributed by atoms with Crippen LogP contribution in [0.4, 0.5) is 0 Å². The van der Waals surface area contributed by atoms with E-state index in [1.807, 2.05) is 0 Å². The Balaban J connectivity index is 1.97. The number of benzene rings is 2. The Bertz CT molecular complexity index is 722. The van der Waals surface area contributed by atoms with Crippen LogP contribution in [0, 0.1) is 0 Å². The van der Waals surface area contributed by atoms with Gasteiger partial charge in [-0.2, -0.15) is 0 Å². The summed E-state index contributed by atoms with van der Waals surface area (Å²) in [4.78, 5) is 32.8. The quantitative estimate of drug-likeness (QED) is 0.291. The molecule has 2 aromatic rings. The lowest BCUT2D eigenvalue weighted by atomic mass is 10.1. The topological polar surface area (TPSA) is 52.6 Å². The standard InChI is InChI=1S/C16H8Cl6O4/c17-15(18,19)11-5-1-9(2-6-11)13(23)25-26-14(24)10-3-7-12(8-4-10)16(20,21)22/h1-8H. The molecule has 0 aromatic heterocycles. The van der Waals surface area contributed by atoms with Crippen molar-refractivity contribution in [2.45, 2.75) is 7.59 Å². The van der Waals surface area contributed by atoms with E-state index in [9.17, 15) is 9.59 Å². The van der Waals surface area contributed by atoms with E-state index in [1.54, 1.807) is 0 Å². The summed E-state index contributed by atoms with van der Waals surface area (Å²) in [7, 11) is 0. The fourth-order valence-corrected chi connectivity index (χ4v) is 2.52. The Hall–Kier alpha value is -0.880. The molecule has 0 bridgehead atoms. The number of alkyl halides is 6. The van der Waals surface area contributed by atoms with Crippen LogP contribution in [0.1, 0.15) is 31.8 Å². The summed E-state index contributed by atoms with van der Waals surface area (Å²) in [5, 5.41) is 0. The molecule has 0 fully saturated rings. The zero-order chi connectivity index (χ0) is 19.5. The molecule has 4 nitrogen and oxygen atoms in total. The Morgan fingerprint density at radius 2 is 0.846 bits per heavy atom. The van der Waals surface area contributed by atoms with Gasteiger partial charge in [0.2, 0.25) is 7.59 Å². The lowest BCUT2D eigenvalue weighted by Gasteiger charge is -2.11. The van der Waals surface area contributed by atoms with Crippen molar-refractivity contribution in [2.75, 3.05) is 0 Å². The molecule has 0 radical (unpaired) electrons. The Morgan fingerprint density at radius 1 is 0.577 bits per heavy atom. The molecule has 0 aliphatic carbocycles. The summed E-state index contributed by atoms with van der Waals surface area (Å²) >= 11 is 34.3. The number of halogens is 6. The van der Waals surface area contributed by atoms with Gasteiger partial charge in [0.15, 0.2) is 0 Å². The van der Waals surface area contributed by atoms with Gasteiger partial charge in [0, 0.05) is 11.1 Å². The fraction of sp³-hybridized carbons (Fsp3) is 0.125. The second-order valence-corrected chi connectivity index (χ2v) is 9.45. The molecule has 10 heteroatoms. The van der Waals surface area contributed by atoms with E-state index >= 15 is 0 Å². The maximum Gasteiger partial charge on any atom is 0.386 e. The second-order valence-electron chi connectivity index (χ2n) is 4.89. The molecular weight excluding hydrogens is 469 g/mol. The molecule has 0 unspecified atom stereocenters. The third-order valence-electron chi connectivity index (χ3n) is 3.09. The predicted octanol–water partition coefficient (Wildman–Crippen LogP) is 6.27. The third-order valence-corrected chi connectivity index (χ3v) is 4.40. The number of hydrogen-bond acceptors (Lipinski definition) is 4. The highest BCUT2D eigenvalue weighted by Gasteiger charge is 2.24. The summed E-state index contributed by atoms with van der Waals surface area (Å²) in [6.45, 7) is 0. The molecule has 0 aliphatic rings. The highest BCUT2D eigenvalue weighted by atomic mass is 35.6. The van der Waals surface area contributed by atoms with Gasteiger partial charge in [0.25, 0.3) is 0 Å². The fourth-order valence-electron chi connectivity index (χ4n) is 1.76. The van der Waals surface area contributed by atoms with Crippen molar-refractivity contribution in [1.29, 1.82) is 0 Å². The SMILES string of the molecule is O=C(OOC(=O)c1ccc(C(Cl)(Cl)Cl)cc1)c1ccc(C(Cl)(Cl)Cl)cc1. The van der Waals surface area contributed by atoms with Crippen LogP contribution in [0.3, 0.4) is 0 Å². The van der Waals surface area contributed by atoms with Gasteiger partial charge in [-0.1, -0.05) is 93.9 Å². The molecule has 0 saturated carbocycles. The van der Waals surface area contributed by atoms with Crippen LogP contribution >= 0.6 is 69.6 Å². The normalized spacial score (nSPS) is 11.8. The average molecular weight is 477 g/mol. The zero-order valence-electron chi connectivity index (χ0n) is 12.5. The molecule has 26 heavy (non-hydrogen) atoms. The summed E-state index contributed by atoms with van der Waals surface area (Å²) < 4.78 is -3.23. The van der Waals surface area contributed by atoms with Gasteiger partial charge >= 0.3 is 11.9 Å². The van der Waals surface area contributed by atoms with Crippen molar-refractivity contribution in [1.82, 2.24) is 0 Å². The first kappa shape index (κ1) is 21.4. The molecule has 0 amide bonds. The molecule has 138 valence electrons. The molecule has 0 aliphatic heterocycles. The summed E-state index contributed by atoms with van der Waals surface area (Å²) in [6.07, 6.45) is 0. The minimum absolute atomic E-state index is 0.0994.